The Balaban J connectivity index is 1.97. The van der Waals surface area contributed by atoms with E-state index in [9.17, 15) is 9.50 Å². The van der Waals surface area contributed by atoms with Crippen molar-refractivity contribution in [3.8, 4) is 0 Å². The number of hydrogen-bond acceptors (Lipinski definition) is 4. The Hall–Kier alpha value is -1.40. The minimum Gasteiger partial charge on any atom is -0.387 e. The second kappa shape index (κ2) is 6.72. The molecule has 25 heavy (non-hydrogen) atoms. The number of aromatic nitrogens is 3. The molecule has 1 fully saturated rings. The Kier molecular flexibility index (Phi) is 4.95. The van der Waals surface area contributed by atoms with Gasteiger partial charge in [0, 0.05) is 0 Å². The molecule has 6 heteroatoms. The average molecular weight is 364 g/mol. The van der Waals surface area contributed by atoms with E-state index in [-0.39, 0.29) is 23.1 Å². The predicted octanol–water partition coefficient (Wildman–Crippen LogP) is 4.11. The predicted molar refractivity (Wildman–Crippen MR) is 98.1 cm³/mol. The van der Waals surface area contributed by atoms with E-state index in [1.165, 1.54) is 24.2 Å². The van der Waals surface area contributed by atoms with Crippen LogP contribution in [0.5, 0.6) is 0 Å². The molecule has 1 aliphatic rings. The van der Waals surface area contributed by atoms with Gasteiger partial charge >= 0.3 is 0 Å². The van der Waals surface area contributed by atoms with Gasteiger partial charge < -0.3 is 5.11 Å². The van der Waals surface area contributed by atoms with Gasteiger partial charge in [-0.2, -0.15) is 5.10 Å². The Morgan fingerprint density at radius 2 is 2.12 bits per heavy atom. The van der Waals surface area contributed by atoms with E-state index in [1.54, 1.807) is 10.7 Å². The SMILES string of the molecule is CSc1ncnn1CC1(O)C(C(C)c2ccccc2F)CCC1(C)C. The topological polar surface area (TPSA) is 50.9 Å². The second-order valence-corrected chi connectivity index (χ2v) is 8.44. The highest BCUT2D eigenvalue weighted by Crippen LogP contribution is 2.55. The van der Waals surface area contributed by atoms with Crippen molar-refractivity contribution in [2.75, 3.05) is 6.26 Å². The van der Waals surface area contributed by atoms with Gasteiger partial charge in [-0.05, 0) is 48.0 Å². The van der Waals surface area contributed by atoms with E-state index in [2.05, 4.69) is 23.9 Å². The van der Waals surface area contributed by atoms with Gasteiger partial charge in [-0.15, -0.1) is 0 Å². The molecule has 2 aromatic rings. The van der Waals surface area contributed by atoms with Crippen LogP contribution in [0.2, 0.25) is 0 Å². The van der Waals surface area contributed by atoms with Crippen molar-refractivity contribution in [2.45, 2.75) is 56.8 Å². The zero-order chi connectivity index (χ0) is 18.2. The minimum atomic E-state index is -0.979. The number of benzene rings is 1. The molecule has 1 N–H and O–H groups in total. The summed E-state index contributed by atoms with van der Waals surface area (Å²) in [6.07, 6.45) is 5.23. The molecule has 1 aromatic heterocycles. The van der Waals surface area contributed by atoms with Crippen LogP contribution < -0.4 is 0 Å². The summed E-state index contributed by atoms with van der Waals surface area (Å²) in [6, 6.07) is 6.89. The van der Waals surface area contributed by atoms with E-state index >= 15 is 0 Å². The quantitative estimate of drug-likeness (QED) is 0.812. The summed E-state index contributed by atoms with van der Waals surface area (Å²) in [4.78, 5) is 4.24. The van der Waals surface area contributed by atoms with Gasteiger partial charge in [0.2, 0.25) is 0 Å². The highest BCUT2D eigenvalue weighted by molar-refractivity contribution is 7.98. The Bertz CT molecular complexity index is 748. The fourth-order valence-corrected chi connectivity index (χ4v) is 4.75. The molecular formula is C19H26FN3OS. The first-order chi connectivity index (χ1) is 11.8. The molecule has 3 atom stereocenters. The number of halogens is 1. The lowest BCUT2D eigenvalue weighted by Crippen LogP contribution is -2.50. The molecule has 1 saturated carbocycles. The Labute approximate surface area is 152 Å². The highest BCUT2D eigenvalue weighted by Gasteiger charge is 2.56. The van der Waals surface area contributed by atoms with Crippen LogP contribution in [0.1, 0.15) is 45.1 Å². The van der Waals surface area contributed by atoms with Gasteiger partial charge in [0.15, 0.2) is 5.16 Å². The number of thioether (sulfide) groups is 1. The van der Waals surface area contributed by atoms with Crippen molar-refractivity contribution in [3.05, 3.63) is 42.0 Å². The van der Waals surface area contributed by atoms with Crippen LogP contribution in [0, 0.1) is 17.2 Å². The minimum absolute atomic E-state index is 0.0432. The van der Waals surface area contributed by atoms with Crippen molar-refractivity contribution in [3.63, 3.8) is 0 Å². The van der Waals surface area contributed by atoms with Crippen molar-refractivity contribution in [2.24, 2.45) is 11.3 Å². The monoisotopic (exact) mass is 363 g/mol. The zero-order valence-electron chi connectivity index (χ0n) is 15.2. The molecule has 3 rings (SSSR count). The summed E-state index contributed by atoms with van der Waals surface area (Å²) >= 11 is 1.51. The van der Waals surface area contributed by atoms with Crippen molar-refractivity contribution in [1.82, 2.24) is 14.8 Å². The number of aliphatic hydroxyl groups is 1. The van der Waals surface area contributed by atoms with Crippen molar-refractivity contribution < 1.29 is 9.50 Å². The van der Waals surface area contributed by atoms with Gasteiger partial charge in [-0.3, -0.25) is 0 Å². The number of hydrogen-bond donors (Lipinski definition) is 1. The first-order valence-corrected chi connectivity index (χ1v) is 9.91. The third-order valence-electron chi connectivity index (χ3n) is 6.02. The van der Waals surface area contributed by atoms with E-state index in [0.717, 1.165) is 18.0 Å². The first-order valence-electron chi connectivity index (χ1n) is 8.69. The molecule has 1 aromatic carbocycles. The van der Waals surface area contributed by atoms with E-state index in [4.69, 9.17) is 0 Å². The lowest BCUT2D eigenvalue weighted by atomic mass is 9.69. The lowest BCUT2D eigenvalue weighted by Gasteiger charge is -2.43. The molecule has 0 radical (unpaired) electrons. The second-order valence-electron chi connectivity index (χ2n) is 7.67. The number of nitrogens with zero attached hydrogens (tertiary/aromatic N) is 3. The van der Waals surface area contributed by atoms with Crippen LogP contribution in [-0.4, -0.2) is 31.7 Å². The summed E-state index contributed by atoms with van der Waals surface area (Å²) in [5.41, 5.74) is -0.585. The zero-order valence-corrected chi connectivity index (χ0v) is 16.1. The molecule has 136 valence electrons. The van der Waals surface area contributed by atoms with Crippen molar-refractivity contribution >= 4 is 11.8 Å². The Morgan fingerprint density at radius 3 is 2.80 bits per heavy atom. The van der Waals surface area contributed by atoms with Crippen LogP contribution in [0.4, 0.5) is 4.39 Å². The molecule has 0 spiro atoms. The maximum atomic E-state index is 14.3. The maximum absolute atomic E-state index is 14.3. The van der Waals surface area contributed by atoms with E-state index in [1.807, 2.05) is 25.3 Å². The summed E-state index contributed by atoms with van der Waals surface area (Å²) < 4.78 is 16.1. The largest absolute Gasteiger partial charge is 0.387 e. The van der Waals surface area contributed by atoms with E-state index < -0.39 is 5.60 Å². The molecule has 3 unspecified atom stereocenters. The molecule has 1 aliphatic carbocycles. The molecule has 1 heterocycles. The third kappa shape index (κ3) is 3.10. The van der Waals surface area contributed by atoms with Crippen LogP contribution >= 0.6 is 11.8 Å². The summed E-state index contributed by atoms with van der Waals surface area (Å²) in [5.74, 6) is -0.319. The lowest BCUT2D eigenvalue weighted by molar-refractivity contribution is -0.0978. The van der Waals surface area contributed by atoms with Gasteiger partial charge in [-0.1, -0.05) is 50.7 Å². The van der Waals surface area contributed by atoms with Crippen LogP contribution in [0.25, 0.3) is 0 Å². The first kappa shape index (κ1) is 18.4. The van der Waals surface area contributed by atoms with Gasteiger partial charge in [0.1, 0.15) is 12.1 Å². The normalized spacial score (nSPS) is 26.7. The van der Waals surface area contributed by atoms with Crippen LogP contribution in [0.15, 0.2) is 35.7 Å². The van der Waals surface area contributed by atoms with Gasteiger partial charge in [-0.25, -0.2) is 14.1 Å². The molecule has 0 saturated heterocycles. The fraction of sp³-hybridized carbons (Fsp3) is 0.579. The van der Waals surface area contributed by atoms with Crippen LogP contribution in [-0.2, 0) is 6.54 Å². The number of rotatable bonds is 5. The average Bonchev–Trinajstić information content (AvgIpc) is 3.10. The molecule has 0 aliphatic heterocycles. The molecular weight excluding hydrogens is 337 g/mol. The summed E-state index contributed by atoms with van der Waals surface area (Å²) in [6.45, 7) is 6.58. The standard InChI is InChI=1S/C19H26FN3OS/c1-13(14-7-5-6-8-16(14)20)15-9-10-18(2,3)19(15,24)11-23-17(25-4)21-12-22-23/h5-8,12-13,15,24H,9-11H2,1-4H3. The molecule has 0 amide bonds. The Morgan fingerprint density at radius 1 is 1.40 bits per heavy atom. The molecule has 4 nitrogen and oxygen atoms in total. The third-order valence-corrected chi connectivity index (χ3v) is 6.70. The van der Waals surface area contributed by atoms with Gasteiger partial charge in [0.25, 0.3) is 0 Å². The van der Waals surface area contributed by atoms with Gasteiger partial charge in [0.05, 0.1) is 12.1 Å². The molecule has 0 bridgehead atoms. The fourth-order valence-electron chi connectivity index (χ4n) is 4.28. The summed E-state index contributed by atoms with van der Waals surface area (Å²) in [7, 11) is 0. The summed E-state index contributed by atoms with van der Waals surface area (Å²) in [5, 5.41) is 16.9. The smallest absolute Gasteiger partial charge is 0.185 e. The van der Waals surface area contributed by atoms with Crippen LogP contribution in [0.3, 0.4) is 0 Å². The van der Waals surface area contributed by atoms with E-state index in [0.29, 0.717) is 12.1 Å². The highest BCUT2D eigenvalue weighted by atomic mass is 32.2. The maximum Gasteiger partial charge on any atom is 0.185 e. The van der Waals surface area contributed by atoms with Crippen molar-refractivity contribution in [1.29, 1.82) is 0 Å².